The van der Waals surface area contributed by atoms with E-state index in [0.717, 1.165) is 16.9 Å². The fourth-order valence-electron chi connectivity index (χ4n) is 2.09. The Morgan fingerprint density at radius 2 is 1.65 bits per heavy atom. The Bertz CT molecular complexity index is 694. The molecule has 5 heteroatoms. The van der Waals surface area contributed by atoms with Crippen LogP contribution in [0, 0.1) is 13.8 Å². The molecule has 0 heterocycles. The summed E-state index contributed by atoms with van der Waals surface area (Å²) in [5.41, 5.74) is 2.33. The van der Waals surface area contributed by atoms with Crippen LogP contribution in [0.25, 0.3) is 0 Å². The van der Waals surface area contributed by atoms with E-state index in [1.165, 1.54) is 19.2 Å². The minimum Gasteiger partial charge on any atom is -0.493 e. The second kappa shape index (κ2) is 7.54. The van der Waals surface area contributed by atoms with Crippen LogP contribution in [0.1, 0.15) is 21.5 Å². The van der Waals surface area contributed by atoms with Crippen molar-refractivity contribution in [2.45, 2.75) is 13.8 Å². The summed E-state index contributed by atoms with van der Waals surface area (Å²) < 4.78 is 16.5. The first-order valence-electron chi connectivity index (χ1n) is 7.25. The van der Waals surface area contributed by atoms with Gasteiger partial charge < -0.3 is 19.3 Å². The van der Waals surface area contributed by atoms with Gasteiger partial charge in [0, 0.05) is 0 Å². The monoisotopic (exact) mass is 316 g/mol. The molecule has 0 aromatic heterocycles. The molecule has 0 saturated carbocycles. The molecule has 0 fully saturated rings. The lowest BCUT2D eigenvalue weighted by Gasteiger charge is -2.13. The van der Waals surface area contributed by atoms with E-state index < -0.39 is 5.97 Å². The molecule has 0 aliphatic carbocycles. The van der Waals surface area contributed by atoms with Crippen molar-refractivity contribution in [1.29, 1.82) is 0 Å². The van der Waals surface area contributed by atoms with Crippen LogP contribution in [-0.4, -0.2) is 31.4 Å². The van der Waals surface area contributed by atoms with E-state index in [0.29, 0.717) is 18.1 Å². The molecule has 122 valence electrons. The maximum absolute atomic E-state index is 11.0. The molecule has 0 radical (unpaired) electrons. The number of carboxylic acids is 1. The first kappa shape index (κ1) is 16.7. The molecule has 0 saturated heterocycles. The summed E-state index contributed by atoms with van der Waals surface area (Å²) >= 11 is 0. The van der Waals surface area contributed by atoms with Crippen molar-refractivity contribution in [2.75, 3.05) is 20.3 Å². The molecular formula is C18H20O5. The fraction of sp³-hybridized carbons (Fsp3) is 0.278. The average Bonchev–Trinajstić information content (AvgIpc) is 2.54. The predicted octanol–water partition coefficient (Wildman–Crippen LogP) is 3.47. The molecule has 0 unspecified atom stereocenters. The van der Waals surface area contributed by atoms with Gasteiger partial charge in [-0.3, -0.25) is 0 Å². The van der Waals surface area contributed by atoms with Gasteiger partial charge in [0.1, 0.15) is 19.0 Å². The minimum atomic E-state index is -1.01. The number of ether oxygens (including phenoxy) is 3. The van der Waals surface area contributed by atoms with Gasteiger partial charge in [0.15, 0.2) is 11.5 Å². The molecule has 0 amide bonds. The van der Waals surface area contributed by atoms with Crippen LogP contribution in [0.2, 0.25) is 0 Å². The summed E-state index contributed by atoms with van der Waals surface area (Å²) in [6, 6.07) is 10.5. The lowest BCUT2D eigenvalue weighted by Crippen LogP contribution is -2.10. The first-order valence-corrected chi connectivity index (χ1v) is 7.25. The van der Waals surface area contributed by atoms with E-state index in [2.05, 4.69) is 0 Å². The van der Waals surface area contributed by atoms with Crippen LogP contribution in [0.5, 0.6) is 17.2 Å². The highest BCUT2D eigenvalue weighted by Gasteiger charge is 2.10. The van der Waals surface area contributed by atoms with E-state index in [1.807, 2.05) is 32.0 Å². The summed E-state index contributed by atoms with van der Waals surface area (Å²) in [4.78, 5) is 11.0. The van der Waals surface area contributed by atoms with Gasteiger partial charge in [-0.1, -0.05) is 12.1 Å². The Hall–Kier alpha value is -2.69. The summed E-state index contributed by atoms with van der Waals surface area (Å²) in [7, 11) is 1.51. The van der Waals surface area contributed by atoms with Crippen LogP contribution in [0.15, 0.2) is 36.4 Å². The Kier molecular flexibility index (Phi) is 5.46. The number of carbonyl (C=O) groups is 1. The van der Waals surface area contributed by atoms with Crippen LogP contribution < -0.4 is 14.2 Å². The molecule has 0 spiro atoms. The van der Waals surface area contributed by atoms with Crippen molar-refractivity contribution < 1.29 is 24.1 Å². The second-order valence-electron chi connectivity index (χ2n) is 5.14. The van der Waals surface area contributed by atoms with Gasteiger partial charge in [-0.15, -0.1) is 0 Å². The van der Waals surface area contributed by atoms with E-state index in [-0.39, 0.29) is 12.2 Å². The Morgan fingerprint density at radius 1 is 0.957 bits per heavy atom. The molecule has 0 bridgehead atoms. The Morgan fingerprint density at radius 3 is 2.30 bits per heavy atom. The summed E-state index contributed by atoms with van der Waals surface area (Å²) in [6.45, 7) is 4.62. The molecule has 0 aliphatic rings. The van der Waals surface area contributed by atoms with Gasteiger partial charge in [0.2, 0.25) is 0 Å². The molecular weight excluding hydrogens is 296 g/mol. The van der Waals surface area contributed by atoms with Gasteiger partial charge in [0.05, 0.1) is 12.7 Å². The Balaban J connectivity index is 1.97. The van der Waals surface area contributed by atoms with Crippen LogP contribution in [-0.2, 0) is 0 Å². The zero-order valence-electron chi connectivity index (χ0n) is 13.5. The van der Waals surface area contributed by atoms with Gasteiger partial charge in [-0.25, -0.2) is 4.79 Å². The van der Waals surface area contributed by atoms with Crippen molar-refractivity contribution in [3.05, 3.63) is 53.1 Å². The number of carboxylic acid groups (broad SMARTS) is 1. The van der Waals surface area contributed by atoms with Crippen molar-refractivity contribution in [2.24, 2.45) is 0 Å². The number of aryl methyl sites for hydroxylation is 2. The highest BCUT2D eigenvalue weighted by molar-refractivity contribution is 5.88. The third-order valence-corrected chi connectivity index (χ3v) is 3.35. The van der Waals surface area contributed by atoms with Crippen LogP contribution in [0.4, 0.5) is 0 Å². The first-order chi connectivity index (χ1) is 11.0. The van der Waals surface area contributed by atoms with Crippen molar-refractivity contribution in [3.63, 3.8) is 0 Å². The zero-order valence-corrected chi connectivity index (χ0v) is 13.5. The molecule has 0 aliphatic heterocycles. The van der Waals surface area contributed by atoms with E-state index in [4.69, 9.17) is 19.3 Å². The summed E-state index contributed by atoms with van der Waals surface area (Å²) in [6.07, 6.45) is 0. The number of methoxy groups -OCH3 is 1. The summed E-state index contributed by atoms with van der Waals surface area (Å²) in [5.74, 6) is 0.683. The lowest BCUT2D eigenvalue weighted by atomic mass is 10.1. The van der Waals surface area contributed by atoms with Gasteiger partial charge in [-0.2, -0.15) is 0 Å². The molecule has 5 nitrogen and oxygen atoms in total. The predicted molar refractivity (Wildman–Crippen MR) is 86.9 cm³/mol. The zero-order chi connectivity index (χ0) is 16.8. The molecule has 2 rings (SSSR count). The third kappa shape index (κ3) is 4.39. The fourth-order valence-corrected chi connectivity index (χ4v) is 2.09. The van der Waals surface area contributed by atoms with E-state index >= 15 is 0 Å². The van der Waals surface area contributed by atoms with E-state index in [9.17, 15) is 4.79 Å². The normalized spacial score (nSPS) is 10.2. The topological polar surface area (TPSA) is 65.0 Å². The van der Waals surface area contributed by atoms with Crippen molar-refractivity contribution in [1.82, 2.24) is 0 Å². The van der Waals surface area contributed by atoms with Crippen LogP contribution >= 0.6 is 0 Å². The lowest BCUT2D eigenvalue weighted by molar-refractivity contribution is 0.0696. The molecule has 2 aromatic rings. The molecule has 0 atom stereocenters. The van der Waals surface area contributed by atoms with E-state index in [1.54, 1.807) is 6.07 Å². The molecule has 2 aromatic carbocycles. The summed E-state index contributed by atoms with van der Waals surface area (Å²) in [5, 5.41) is 9.03. The van der Waals surface area contributed by atoms with Gasteiger partial charge in [-0.05, 0) is 49.2 Å². The molecule has 23 heavy (non-hydrogen) atoms. The second-order valence-corrected chi connectivity index (χ2v) is 5.14. The maximum Gasteiger partial charge on any atom is 0.335 e. The minimum absolute atomic E-state index is 0.149. The highest BCUT2D eigenvalue weighted by atomic mass is 16.5. The van der Waals surface area contributed by atoms with Gasteiger partial charge >= 0.3 is 5.97 Å². The Labute approximate surface area is 135 Å². The molecule has 1 N–H and O–H groups in total. The number of aromatic carboxylic acids is 1. The van der Waals surface area contributed by atoms with Crippen molar-refractivity contribution in [3.8, 4) is 17.2 Å². The highest BCUT2D eigenvalue weighted by Crippen LogP contribution is 2.28. The van der Waals surface area contributed by atoms with Crippen LogP contribution in [0.3, 0.4) is 0 Å². The quantitative estimate of drug-likeness (QED) is 0.792. The number of benzene rings is 2. The standard InChI is InChI=1S/C18H20O5/c1-12-4-5-13(2)16(10-12)22-8-9-23-17-11-14(18(19)20)6-7-15(17)21-3/h4-7,10-11H,8-9H2,1-3H3,(H,19,20). The largest absolute Gasteiger partial charge is 0.493 e. The third-order valence-electron chi connectivity index (χ3n) is 3.35. The number of hydrogen-bond donors (Lipinski definition) is 1. The average molecular weight is 316 g/mol. The van der Waals surface area contributed by atoms with Crippen molar-refractivity contribution >= 4 is 5.97 Å². The number of hydrogen-bond acceptors (Lipinski definition) is 4. The number of rotatable bonds is 7. The maximum atomic E-state index is 11.0. The van der Waals surface area contributed by atoms with Gasteiger partial charge in [0.25, 0.3) is 0 Å². The SMILES string of the molecule is COc1ccc(C(=O)O)cc1OCCOc1cc(C)ccc1C. The smallest absolute Gasteiger partial charge is 0.335 e.